The van der Waals surface area contributed by atoms with Gasteiger partial charge in [-0.05, 0) is 49.7 Å². The van der Waals surface area contributed by atoms with Gasteiger partial charge in [-0.25, -0.2) is 8.42 Å². The van der Waals surface area contributed by atoms with Crippen molar-refractivity contribution in [2.75, 3.05) is 23.7 Å². The molecule has 31 heavy (non-hydrogen) atoms. The first kappa shape index (κ1) is 25.0. The van der Waals surface area contributed by atoms with E-state index < -0.39 is 28.5 Å². The van der Waals surface area contributed by atoms with Crippen molar-refractivity contribution < 1.29 is 18.0 Å². The minimum Gasteiger partial charge on any atom is -0.355 e. The lowest BCUT2D eigenvalue weighted by atomic mass is 10.1. The summed E-state index contributed by atoms with van der Waals surface area (Å²) < 4.78 is 25.8. The monoisotopic (exact) mass is 485 g/mol. The molecule has 2 rings (SSSR count). The first-order valence-electron chi connectivity index (χ1n) is 9.58. The van der Waals surface area contributed by atoms with Gasteiger partial charge in [0.15, 0.2) is 0 Å². The number of hydrogen-bond acceptors (Lipinski definition) is 4. The highest BCUT2D eigenvalue weighted by Gasteiger charge is 2.30. The number of carbonyl (C=O) groups is 2. The van der Waals surface area contributed by atoms with Crippen LogP contribution in [0, 0.1) is 0 Å². The molecule has 2 aromatic rings. The number of sulfonamides is 1. The summed E-state index contributed by atoms with van der Waals surface area (Å²) >= 11 is 12.1. The molecule has 1 atom stereocenters. The highest BCUT2D eigenvalue weighted by molar-refractivity contribution is 7.92. The summed E-state index contributed by atoms with van der Waals surface area (Å²) in [6.07, 6.45) is 1.01. The van der Waals surface area contributed by atoms with Gasteiger partial charge in [-0.15, -0.1) is 0 Å². The van der Waals surface area contributed by atoms with Crippen molar-refractivity contribution in [3.05, 3.63) is 64.1 Å². The largest absolute Gasteiger partial charge is 0.355 e. The van der Waals surface area contributed by atoms with E-state index in [1.165, 1.54) is 17.0 Å². The smallest absolute Gasteiger partial charge is 0.244 e. The van der Waals surface area contributed by atoms with Gasteiger partial charge in [0.25, 0.3) is 0 Å². The van der Waals surface area contributed by atoms with E-state index in [1.54, 1.807) is 50.2 Å². The van der Waals surface area contributed by atoms with Crippen molar-refractivity contribution in [2.24, 2.45) is 0 Å². The number of carbonyl (C=O) groups excluding carboxylic acids is 2. The summed E-state index contributed by atoms with van der Waals surface area (Å²) in [6.45, 7) is 3.34. The van der Waals surface area contributed by atoms with Crippen LogP contribution in [-0.2, 0) is 26.2 Å². The molecule has 0 heterocycles. The van der Waals surface area contributed by atoms with E-state index in [2.05, 4.69) is 5.32 Å². The lowest BCUT2D eigenvalue weighted by Gasteiger charge is -2.31. The Balaban J connectivity index is 2.38. The first-order chi connectivity index (χ1) is 14.5. The van der Waals surface area contributed by atoms with Crippen molar-refractivity contribution in [2.45, 2.75) is 26.4 Å². The van der Waals surface area contributed by atoms with Crippen LogP contribution >= 0.6 is 23.2 Å². The topological polar surface area (TPSA) is 86.8 Å². The van der Waals surface area contributed by atoms with Gasteiger partial charge in [-0.1, -0.05) is 41.4 Å². The van der Waals surface area contributed by atoms with Gasteiger partial charge in [0.2, 0.25) is 21.8 Å². The van der Waals surface area contributed by atoms with Crippen LogP contribution in [0.3, 0.4) is 0 Å². The molecule has 0 aliphatic rings. The number of rotatable bonds is 9. The maximum atomic E-state index is 13.3. The third-order valence-electron chi connectivity index (χ3n) is 4.61. The van der Waals surface area contributed by atoms with E-state index in [0.717, 1.165) is 10.6 Å². The second-order valence-corrected chi connectivity index (χ2v) is 9.68. The molecular formula is C21H25Cl2N3O4S. The molecule has 0 radical (unpaired) electrons. The van der Waals surface area contributed by atoms with Gasteiger partial charge in [0, 0.05) is 23.1 Å². The van der Waals surface area contributed by atoms with Crippen molar-refractivity contribution in [1.29, 1.82) is 0 Å². The molecule has 168 valence electrons. The van der Waals surface area contributed by atoms with Gasteiger partial charge in [-0.3, -0.25) is 13.9 Å². The molecule has 2 amide bonds. The van der Waals surface area contributed by atoms with Crippen LogP contribution in [-0.4, -0.2) is 50.5 Å². The van der Waals surface area contributed by atoms with Gasteiger partial charge in [0.1, 0.15) is 12.6 Å². The van der Waals surface area contributed by atoms with Crippen LogP contribution in [0.25, 0.3) is 0 Å². The number of likely N-dealkylation sites (N-methyl/N-ethyl adjacent to an activating group) is 1. The number of halogens is 2. The molecule has 0 saturated heterocycles. The molecule has 0 spiro atoms. The average Bonchev–Trinajstić information content (AvgIpc) is 2.71. The van der Waals surface area contributed by atoms with Crippen molar-refractivity contribution in [1.82, 2.24) is 10.2 Å². The summed E-state index contributed by atoms with van der Waals surface area (Å²) in [5.41, 5.74) is 0.940. The summed E-state index contributed by atoms with van der Waals surface area (Å²) in [7, 11) is -3.78. The molecule has 0 bridgehead atoms. The fourth-order valence-electron chi connectivity index (χ4n) is 2.94. The SMILES string of the molecule is CCNC(=O)[C@H](C)N(Cc1ccccc1Cl)C(=O)CN(c1ccc(Cl)cc1)S(C)(=O)=O. The quantitative estimate of drug-likeness (QED) is 0.589. The third-order valence-corrected chi connectivity index (χ3v) is 6.37. The van der Waals surface area contributed by atoms with E-state index in [-0.39, 0.29) is 12.5 Å². The second kappa shape index (κ2) is 10.8. The molecule has 10 heteroatoms. The number of amides is 2. The van der Waals surface area contributed by atoms with Crippen LogP contribution in [0.15, 0.2) is 48.5 Å². The summed E-state index contributed by atoms with van der Waals surface area (Å²) in [5, 5.41) is 3.57. The molecule has 7 nitrogen and oxygen atoms in total. The number of benzene rings is 2. The molecular weight excluding hydrogens is 461 g/mol. The van der Waals surface area contributed by atoms with E-state index in [1.807, 2.05) is 0 Å². The second-order valence-electron chi connectivity index (χ2n) is 6.93. The maximum Gasteiger partial charge on any atom is 0.244 e. The minimum absolute atomic E-state index is 0.0506. The van der Waals surface area contributed by atoms with Crippen LogP contribution in [0.2, 0.25) is 10.0 Å². The lowest BCUT2D eigenvalue weighted by Crippen LogP contribution is -2.51. The maximum absolute atomic E-state index is 13.3. The summed E-state index contributed by atoms with van der Waals surface area (Å²) in [4.78, 5) is 27.1. The normalized spacial score (nSPS) is 12.2. The minimum atomic E-state index is -3.78. The lowest BCUT2D eigenvalue weighted by molar-refractivity contribution is -0.139. The van der Waals surface area contributed by atoms with E-state index in [9.17, 15) is 18.0 Å². The fourth-order valence-corrected chi connectivity index (χ4v) is 4.11. The zero-order valence-electron chi connectivity index (χ0n) is 17.5. The molecule has 0 fully saturated rings. The summed E-state index contributed by atoms with van der Waals surface area (Å²) in [6, 6.07) is 12.2. The van der Waals surface area contributed by atoms with Crippen LogP contribution in [0.5, 0.6) is 0 Å². The van der Waals surface area contributed by atoms with E-state index in [0.29, 0.717) is 27.8 Å². The van der Waals surface area contributed by atoms with Gasteiger partial charge >= 0.3 is 0 Å². The Morgan fingerprint density at radius 1 is 1.06 bits per heavy atom. The first-order valence-corrected chi connectivity index (χ1v) is 12.2. The Bertz CT molecular complexity index is 1030. The van der Waals surface area contributed by atoms with Crippen LogP contribution in [0.4, 0.5) is 5.69 Å². The third kappa shape index (κ3) is 6.85. The number of nitrogens with zero attached hydrogens (tertiary/aromatic N) is 2. The molecule has 2 aromatic carbocycles. The molecule has 0 aliphatic heterocycles. The number of hydrogen-bond donors (Lipinski definition) is 1. The predicted molar refractivity (Wildman–Crippen MR) is 124 cm³/mol. The summed E-state index contributed by atoms with van der Waals surface area (Å²) in [5.74, 6) is -0.889. The Morgan fingerprint density at radius 3 is 2.23 bits per heavy atom. The van der Waals surface area contributed by atoms with Crippen molar-refractivity contribution >= 4 is 50.7 Å². The number of anilines is 1. The standard InChI is InChI=1S/C21H25Cl2N3O4S/c1-4-24-21(28)15(2)25(13-16-7-5-6-8-19(16)23)20(27)14-26(31(3,29)30)18-11-9-17(22)10-12-18/h5-12,15H,4,13-14H2,1-3H3,(H,24,28)/t15-/m0/s1. The van der Waals surface area contributed by atoms with Crippen molar-refractivity contribution in [3.63, 3.8) is 0 Å². The van der Waals surface area contributed by atoms with Crippen LogP contribution < -0.4 is 9.62 Å². The number of nitrogens with one attached hydrogen (secondary N) is 1. The van der Waals surface area contributed by atoms with Gasteiger partial charge in [0.05, 0.1) is 11.9 Å². The Morgan fingerprint density at radius 2 is 1.68 bits per heavy atom. The highest BCUT2D eigenvalue weighted by Crippen LogP contribution is 2.22. The highest BCUT2D eigenvalue weighted by atomic mass is 35.5. The molecule has 1 N–H and O–H groups in total. The van der Waals surface area contributed by atoms with E-state index in [4.69, 9.17) is 23.2 Å². The van der Waals surface area contributed by atoms with E-state index >= 15 is 0 Å². The van der Waals surface area contributed by atoms with Gasteiger partial charge in [-0.2, -0.15) is 0 Å². The Kier molecular flexibility index (Phi) is 8.73. The Labute approximate surface area is 193 Å². The molecule has 0 unspecified atom stereocenters. The molecule has 0 saturated carbocycles. The average molecular weight is 486 g/mol. The Hall–Kier alpha value is -2.29. The van der Waals surface area contributed by atoms with Crippen LogP contribution in [0.1, 0.15) is 19.4 Å². The zero-order chi connectivity index (χ0) is 23.2. The van der Waals surface area contributed by atoms with Crippen molar-refractivity contribution in [3.8, 4) is 0 Å². The molecule has 0 aliphatic carbocycles. The fraction of sp³-hybridized carbons (Fsp3) is 0.333. The predicted octanol–water partition coefficient (Wildman–Crippen LogP) is 3.31. The van der Waals surface area contributed by atoms with Gasteiger partial charge < -0.3 is 10.2 Å². The molecule has 0 aromatic heterocycles. The zero-order valence-corrected chi connectivity index (χ0v) is 19.8.